The van der Waals surface area contributed by atoms with Crippen LogP contribution in [-0.2, 0) is 0 Å². The average molecular weight is 530 g/mol. The molecule has 2 rings (SSSR count). The molecule has 6 heteroatoms. The Hall–Kier alpha value is -1.36. The molecule has 0 aromatic heterocycles. The van der Waals surface area contributed by atoms with Gasteiger partial charge in [0.25, 0.3) is 0 Å². The van der Waals surface area contributed by atoms with Crippen LogP contribution >= 0.6 is 39.1 Å². The molecule has 0 aliphatic rings. The minimum absolute atomic E-state index is 0.206. The maximum atomic E-state index is 6.29. The van der Waals surface area contributed by atoms with Gasteiger partial charge >= 0.3 is 0 Å². The Bertz CT molecular complexity index is 815. The number of ether oxygens (including phenoxy) is 3. The minimum atomic E-state index is 0.206. The van der Waals surface area contributed by atoms with Crippen molar-refractivity contribution in [3.8, 4) is 17.2 Å². The van der Waals surface area contributed by atoms with Crippen LogP contribution in [0, 0.1) is 0 Å². The second-order valence-corrected chi connectivity index (χ2v) is 9.83. The maximum Gasteiger partial charge on any atom is 0.126 e. The lowest BCUT2D eigenvalue weighted by Gasteiger charge is -2.22. The van der Waals surface area contributed by atoms with Crippen molar-refractivity contribution in [2.75, 3.05) is 19.8 Å². The third-order valence-electron chi connectivity index (χ3n) is 4.72. The monoisotopic (exact) mass is 528 g/mol. The smallest absolute Gasteiger partial charge is 0.126 e. The Morgan fingerprint density at radius 1 is 0.839 bits per heavy atom. The number of benzene rings is 2. The summed E-state index contributed by atoms with van der Waals surface area (Å²) in [4.78, 5) is 0. The molecule has 0 unspecified atom stereocenters. The Labute approximate surface area is 204 Å². The first-order valence-electron chi connectivity index (χ1n) is 10.6. The van der Waals surface area contributed by atoms with E-state index in [0.29, 0.717) is 31.7 Å². The van der Waals surface area contributed by atoms with Crippen LogP contribution < -0.4 is 14.2 Å². The summed E-state index contributed by atoms with van der Waals surface area (Å²) in [5, 5.41) is 0. The summed E-state index contributed by atoms with van der Waals surface area (Å²) < 4.78 is 19.2. The first-order valence-corrected chi connectivity index (χ1v) is 12.2. The molecule has 170 valence electrons. The summed E-state index contributed by atoms with van der Waals surface area (Å²) in [7, 11) is 0. The molecule has 0 fully saturated rings. The predicted octanol–water partition coefficient (Wildman–Crippen LogP) is 8.63. The zero-order valence-corrected chi connectivity index (χ0v) is 21.7. The van der Waals surface area contributed by atoms with E-state index in [2.05, 4.69) is 55.8 Å². The Morgan fingerprint density at radius 2 is 1.39 bits per heavy atom. The normalized spacial score (nSPS) is 11.0. The van der Waals surface area contributed by atoms with Gasteiger partial charge in [0.05, 0.1) is 13.2 Å². The maximum absolute atomic E-state index is 6.29. The highest BCUT2D eigenvalue weighted by molar-refractivity contribution is 9.10. The number of hydrogen-bond donors (Lipinski definition) is 0. The van der Waals surface area contributed by atoms with Crippen molar-refractivity contribution in [2.45, 2.75) is 52.4 Å². The molecular formula is C25H31BrCl2O3. The molecule has 0 amide bonds. The van der Waals surface area contributed by atoms with E-state index in [1.165, 1.54) is 0 Å². The zero-order chi connectivity index (χ0) is 22.8. The van der Waals surface area contributed by atoms with Crippen molar-refractivity contribution in [1.82, 2.24) is 0 Å². The van der Waals surface area contributed by atoms with Crippen molar-refractivity contribution >= 4 is 39.1 Å². The highest BCUT2D eigenvalue weighted by atomic mass is 79.9. The summed E-state index contributed by atoms with van der Waals surface area (Å²) in [6.07, 6.45) is 3.48. The standard InChI is InChI=1S/C25H31BrCl2O3/c1-17(2)22-15-21(30-14-11-24(27)28)16-23(18(3)4)25(22)31-13-6-5-12-29-20-9-7-19(26)8-10-20/h7-11,15-18H,5-6,12-14H2,1-4H3. The fourth-order valence-electron chi connectivity index (χ4n) is 3.05. The van der Waals surface area contributed by atoms with Crippen molar-refractivity contribution in [2.24, 2.45) is 0 Å². The van der Waals surface area contributed by atoms with Gasteiger partial charge in [0, 0.05) is 15.6 Å². The summed E-state index contributed by atoms with van der Waals surface area (Å²) in [5.74, 6) is 3.27. The molecule has 0 aliphatic carbocycles. The number of halogens is 3. The fraction of sp³-hybridized carbons (Fsp3) is 0.440. The molecule has 0 radical (unpaired) electrons. The second-order valence-electron chi connectivity index (χ2n) is 7.90. The van der Waals surface area contributed by atoms with Gasteiger partial charge in [-0.25, -0.2) is 0 Å². The number of rotatable bonds is 12. The largest absolute Gasteiger partial charge is 0.494 e. The highest BCUT2D eigenvalue weighted by Gasteiger charge is 2.18. The molecule has 0 spiro atoms. The van der Waals surface area contributed by atoms with E-state index in [9.17, 15) is 0 Å². The zero-order valence-electron chi connectivity index (χ0n) is 18.6. The van der Waals surface area contributed by atoms with E-state index in [0.717, 1.165) is 45.7 Å². The molecule has 3 nitrogen and oxygen atoms in total. The van der Waals surface area contributed by atoms with Gasteiger partial charge < -0.3 is 14.2 Å². The lowest BCUT2D eigenvalue weighted by molar-refractivity contribution is 0.262. The van der Waals surface area contributed by atoms with Gasteiger partial charge in [0.2, 0.25) is 0 Å². The van der Waals surface area contributed by atoms with Crippen LogP contribution in [0.15, 0.2) is 51.4 Å². The van der Waals surface area contributed by atoms with Crippen LogP contribution in [0.5, 0.6) is 17.2 Å². The number of unbranched alkanes of at least 4 members (excludes halogenated alkanes) is 1. The fourth-order valence-corrected chi connectivity index (χ4v) is 3.44. The van der Waals surface area contributed by atoms with Crippen molar-refractivity contribution in [3.63, 3.8) is 0 Å². The van der Waals surface area contributed by atoms with Crippen molar-refractivity contribution in [3.05, 3.63) is 62.6 Å². The molecule has 0 saturated heterocycles. The molecule has 0 atom stereocenters. The Morgan fingerprint density at radius 3 is 1.90 bits per heavy atom. The van der Waals surface area contributed by atoms with Crippen LogP contribution in [0.25, 0.3) is 0 Å². The third kappa shape index (κ3) is 8.96. The summed E-state index contributed by atoms with van der Waals surface area (Å²) in [6, 6.07) is 12.0. The van der Waals surface area contributed by atoms with E-state index in [4.69, 9.17) is 37.4 Å². The van der Waals surface area contributed by atoms with Crippen molar-refractivity contribution in [1.29, 1.82) is 0 Å². The molecular weight excluding hydrogens is 499 g/mol. The van der Waals surface area contributed by atoms with Gasteiger partial charge in [0.15, 0.2) is 0 Å². The molecule has 0 saturated carbocycles. The molecule has 0 bridgehead atoms. The summed E-state index contributed by atoms with van der Waals surface area (Å²) in [5.41, 5.74) is 2.29. The van der Waals surface area contributed by atoms with E-state index in [-0.39, 0.29) is 4.49 Å². The molecule has 31 heavy (non-hydrogen) atoms. The van der Waals surface area contributed by atoms with E-state index in [1.54, 1.807) is 6.08 Å². The average Bonchev–Trinajstić information content (AvgIpc) is 2.71. The van der Waals surface area contributed by atoms with Crippen molar-refractivity contribution < 1.29 is 14.2 Å². The van der Waals surface area contributed by atoms with E-state index >= 15 is 0 Å². The first-order chi connectivity index (χ1) is 14.8. The van der Waals surface area contributed by atoms with Gasteiger partial charge in [-0.3, -0.25) is 0 Å². The van der Waals surface area contributed by atoms with Crippen LogP contribution in [-0.4, -0.2) is 19.8 Å². The SMILES string of the molecule is CC(C)c1cc(OCC=C(Cl)Cl)cc(C(C)C)c1OCCCCOc1ccc(Br)cc1. The van der Waals surface area contributed by atoms with Gasteiger partial charge in [-0.05, 0) is 67.2 Å². The Balaban J connectivity index is 1.97. The predicted molar refractivity (Wildman–Crippen MR) is 134 cm³/mol. The van der Waals surface area contributed by atoms with Crippen LogP contribution in [0.3, 0.4) is 0 Å². The van der Waals surface area contributed by atoms with Gasteiger partial charge in [0.1, 0.15) is 28.3 Å². The molecule has 0 aliphatic heterocycles. The van der Waals surface area contributed by atoms with E-state index < -0.39 is 0 Å². The van der Waals surface area contributed by atoms with Crippen LogP contribution in [0.1, 0.15) is 63.5 Å². The third-order valence-corrected chi connectivity index (χ3v) is 5.56. The lowest BCUT2D eigenvalue weighted by Crippen LogP contribution is -2.08. The van der Waals surface area contributed by atoms with E-state index in [1.807, 2.05) is 24.3 Å². The first kappa shape index (κ1) is 25.9. The Kier molecular flexibility index (Phi) is 11.1. The number of hydrogen-bond acceptors (Lipinski definition) is 3. The van der Waals surface area contributed by atoms with Gasteiger partial charge in [-0.1, -0.05) is 66.8 Å². The summed E-state index contributed by atoms with van der Waals surface area (Å²) in [6.45, 7) is 10.3. The lowest BCUT2D eigenvalue weighted by atomic mass is 9.93. The molecule has 2 aromatic carbocycles. The van der Waals surface area contributed by atoms with Gasteiger partial charge in [-0.2, -0.15) is 0 Å². The minimum Gasteiger partial charge on any atom is -0.494 e. The highest BCUT2D eigenvalue weighted by Crippen LogP contribution is 2.38. The quantitative estimate of drug-likeness (QED) is 0.257. The van der Waals surface area contributed by atoms with Crippen LogP contribution in [0.4, 0.5) is 0 Å². The summed E-state index contributed by atoms with van der Waals surface area (Å²) >= 11 is 14.8. The van der Waals surface area contributed by atoms with Gasteiger partial charge in [-0.15, -0.1) is 0 Å². The molecule has 0 N–H and O–H groups in total. The molecule has 0 heterocycles. The second kappa shape index (κ2) is 13.2. The molecule has 2 aromatic rings. The van der Waals surface area contributed by atoms with Crippen LogP contribution in [0.2, 0.25) is 0 Å². The topological polar surface area (TPSA) is 27.7 Å².